The van der Waals surface area contributed by atoms with Gasteiger partial charge in [-0.25, -0.2) is 4.39 Å². The Balaban J connectivity index is 1.77. The van der Waals surface area contributed by atoms with Gasteiger partial charge in [-0.15, -0.1) is 0 Å². The van der Waals surface area contributed by atoms with Crippen LogP contribution in [0.15, 0.2) is 24.3 Å². The summed E-state index contributed by atoms with van der Waals surface area (Å²) >= 11 is 0. The zero-order valence-corrected chi connectivity index (χ0v) is 11.2. The molecule has 108 valence electrons. The molecule has 2 rings (SSSR count). The molecule has 1 saturated carbocycles. The van der Waals surface area contributed by atoms with E-state index in [4.69, 9.17) is 4.74 Å². The largest absolute Gasteiger partial charge is 0.455 e. The Labute approximate surface area is 117 Å². The lowest BCUT2D eigenvalue weighted by molar-refractivity contribution is -0.152. The molecule has 1 aromatic carbocycles. The smallest absolute Gasteiger partial charge is 0.309 e. The maximum absolute atomic E-state index is 13.3. The summed E-state index contributed by atoms with van der Waals surface area (Å²) in [5, 5.41) is 2.38. The third-order valence-corrected chi connectivity index (χ3v) is 3.43. The average molecular weight is 279 g/mol. The first kappa shape index (κ1) is 14.5. The van der Waals surface area contributed by atoms with Gasteiger partial charge in [0.15, 0.2) is 6.61 Å². The Bertz CT molecular complexity index is 484. The van der Waals surface area contributed by atoms with Crippen LogP contribution in [0.2, 0.25) is 0 Å². The van der Waals surface area contributed by atoms with E-state index in [-0.39, 0.29) is 24.2 Å². The number of benzene rings is 1. The predicted octanol–water partition coefficient (Wildman–Crippen LogP) is 2.89. The number of anilines is 1. The van der Waals surface area contributed by atoms with Crippen LogP contribution in [0.1, 0.15) is 32.1 Å². The standard InChI is InChI=1S/C15H18FNO3/c16-12-8-4-5-9-13(12)17-14(18)10-20-15(19)11-6-2-1-3-7-11/h4-5,8-9,11H,1-3,6-7,10H2,(H,17,18). The summed E-state index contributed by atoms with van der Waals surface area (Å²) in [4.78, 5) is 23.3. The Hall–Kier alpha value is -1.91. The van der Waals surface area contributed by atoms with E-state index in [1.807, 2.05) is 0 Å². The fourth-order valence-corrected chi connectivity index (χ4v) is 2.34. The van der Waals surface area contributed by atoms with Crippen LogP contribution < -0.4 is 5.32 Å². The highest BCUT2D eigenvalue weighted by molar-refractivity contribution is 5.93. The number of ether oxygens (including phenoxy) is 1. The highest BCUT2D eigenvalue weighted by Crippen LogP contribution is 2.24. The number of carbonyl (C=O) groups excluding carboxylic acids is 2. The first-order chi connectivity index (χ1) is 9.66. The second kappa shape index (κ2) is 7.03. The lowest BCUT2D eigenvalue weighted by atomic mass is 9.89. The van der Waals surface area contributed by atoms with Crippen LogP contribution in [0.4, 0.5) is 10.1 Å². The summed E-state index contributed by atoms with van der Waals surface area (Å²) < 4.78 is 18.3. The van der Waals surface area contributed by atoms with E-state index >= 15 is 0 Å². The maximum atomic E-state index is 13.3. The monoisotopic (exact) mass is 279 g/mol. The zero-order chi connectivity index (χ0) is 14.4. The zero-order valence-electron chi connectivity index (χ0n) is 11.2. The van der Waals surface area contributed by atoms with Gasteiger partial charge >= 0.3 is 5.97 Å². The van der Waals surface area contributed by atoms with E-state index in [0.717, 1.165) is 32.1 Å². The predicted molar refractivity (Wildman–Crippen MR) is 72.6 cm³/mol. The lowest BCUT2D eigenvalue weighted by Gasteiger charge is -2.19. The number of esters is 1. The quantitative estimate of drug-likeness (QED) is 0.862. The van der Waals surface area contributed by atoms with Crippen molar-refractivity contribution in [2.45, 2.75) is 32.1 Å². The second-order valence-corrected chi connectivity index (χ2v) is 4.97. The van der Waals surface area contributed by atoms with E-state index < -0.39 is 11.7 Å². The van der Waals surface area contributed by atoms with Crippen LogP contribution in [-0.4, -0.2) is 18.5 Å². The molecule has 0 bridgehead atoms. The molecule has 0 heterocycles. The number of hydrogen-bond acceptors (Lipinski definition) is 3. The van der Waals surface area contributed by atoms with Gasteiger partial charge in [0.25, 0.3) is 5.91 Å². The molecule has 0 aliphatic heterocycles. The summed E-state index contributed by atoms with van der Waals surface area (Å²) in [6, 6.07) is 5.86. The fourth-order valence-electron chi connectivity index (χ4n) is 2.34. The number of nitrogens with one attached hydrogen (secondary N) is 1. The van der Waals surface area contributed by atoms with Gasteiger partial charge in [-0.05, 0) is 25.0 Å². The summed E-state index contributed by atoms with van der Waals surface area (Å²) in [6.45, 7) is -0.371. The molecule has 20 heavy (non-hydrogen) atoms. The first-order valence-electron chi connectivity index (χ1n) is 6.88. The van der Waals surface area contributed by atoms with Gasteiger partial charge < -0.3 is 10.1 Å². The van der Waals surface area contributed by atoms with E-state index in [2.05, 4.69) is 5.32 Å². The molecule has 1 fully saturated rings. The third-order valence-electron chi connectivity index (χ3n) is 3.43. The van der Waals surface area contributed by atoms with Crippen molar-refractivity contribution in [1.29, 1.82) is 0 Å². The molecule has 1 amide bonds. The van der Waals surface area contributed by atoms with E-state index in [0.29, 0.717) is 0 Å². The van der Waals surface area contributed by atoms with Crippen LogP contribution in [-0.2, 0) is 14.3 Å². The van der Waals surface area contributed by atoms with Crippen molar-refractivity contribution in [3.05, 3.63) is 30.1 Å². The molecule has 1 aliphatic carbocycles. The second-order valence-electron chi connectivity index (χ2n) is 4.97. The van der Waals surface area contributed by atoms with Gasteiger partial charge in [-0.3, -0.25) is 9.59 Å². The van der Waals surface area contributed by atoms with Crippen molar-refractivity contribution in [3.8, 4) is 0 Å². The van der Waals surface area contributed by atoms with Gasteiger partial charge in [0, 0.05) is 0 Å². The maximum Gasteiger partial charge on any atom is 0.309 e. The molecule has 0 aromatic heterocycles. The number of halogens is 1. The van der Waals surface area contributed by atoms with Crippen molar-refractivity contribution in [2.24, 2.45) is 5.92 Å². The summed E-state index contributed by atoms with van der Waals surface area (Å²) in [5.41, 5.74) is 0.0891. The molecule has 0 spiro atoms. The Morgan fingerprint density at radius 1 is 1.20 bits per heavy atom. The van der Waals surface area contributed by atoms with Gasteiger partial charge in [-0.1, -0.05) is 31.4 Å². The number of carbonyl (C=O) groups is 2. The number of para-hydroxylation sites is 1. The summed E-state index contributed by atoms with van der Waals surface area (Å²) in [6.07, 6.45) is 4.86. The highest BCUT2D eigenvalue weighted by atomic mass is 19.1. The van der Waals surface area contributed by atoms with Crippen LogP contribution in [0.5, 0.6) is 0 Å². The van der Waals surface area contributed by atoms with E-state index in [1.54, 1.807) is 6.07 Å². The van der Waals surface area contributed by atoms with Gasteiger partial charge in [-0.2, -0.15) is 0 Å². The van der Waals surface area contributed by atoms with Crippen LogP contribution in [0, 0.1) is 11.7 Å². The third kappa shape index (κ3) is 4.05. The molecule has 0 radical (unpaired) electrons. The van der Waals surface area contributed by atoms with Crippen molar-refractivity contribution in [3.63, 3.8) is 0 Å². The van der Waals surface area contributed by atoms with E-state index in [1.165, 1.54) is 18.2 Å². The highest BCUT2D eigenvalue weighted by Gasteiger charge is 2.23. The minimum Gasteiger partial charge on any atom is -0.455 e. The molecule has 5 heteroatoms. The van der Waals surface area contributed by atoms with Crippen molar-refractivity contribution in [1.82, 2.24) is 0 Å². The van der Waals surface area contributed by atoms with Crippen molar-refractivity contribution >= 4 is 17.6 Å². The normalized spacial score (nSPS) is 15.7. The topological polar surface area (TPSA) is 55.4 Å². The number of rotatable bonds is 4. The number of hydrogen-bond donors (Lipinski definition) is 1. The van der Waals surface area contributed by atoms with E-state index in [9.17, 15) is 14.0 Å². The summed E-state index contributed by atoms with van der Waals surface area (Å²) in [5.74, 6) is -1.46. The van der Waals surface area contributed by atoms with Gasteiger partial charge in [0.2, 0.25) is 0 Å². The molecule has 0 atom stereocenters. The average Bonchev–Trinajstić information content (AvgIpc) is 2.48. The van der Waals surface area contributed by atoms with Gasteiger partial charge in [0.1, 0.15) is 5.82 Å². The molecule has 1 aliphatic rings. The minimum absolute atomic E-state index is 0.0891. The lowest BCUT2D eigenvalue weighted by Crippen LogP contribution is -2.26. The molecule has 0 unspecified atom stereocenters. The van der Waals surface area contributed by atoms with Gasteiger partial charge in [0.05, 0.1) is 11.6 Å². The molecular weight excluding hydrogens is 261 g/mol. The Morgan fingerprint density at radius 3 is 2.60 bits per heavy atom. The Kier molecular flexibility index (Phi) is 5.09. The first-order valence-corrected chi connectivity index (χ1v) is 6.88. The van der Waals surface area contributed by atoms with Crippen LogP contribution >= 0.6 is 0 Å². The Morgan fingerprint density at radius 2 is 1.90 bits per heavy atom. The molecule has 4 nitrogen and oxygen atoms in total. The van der Waals surface area contributed by atoms with Crippen molar-refractivity contribution in [2.75, 3.05) is 11.9 Å². The SMILES string of the molecule is O=C(COC(=O)C1CCCCC1)Nc1ccccc1F. The minimum atomic E-state index is -0.528. The molecule has 1 N–H and O–H groups in total. The molecular formula is C15H18FNO3. The molecule has 0 saturated heterocycles. The van der Waals surface area contributed by atoms with Crippen LogP contribution in [0.25, 0.3) is 0 Å². The van der Waals surface area contributed by atoms with Crippen LogP contribution in [0.3, 0.4) is 0 Å². The van der Waals surface area contributed by atoms with Crippen molar-refractivity contribution < 1.29 is 18.7 Å². The fraction of sp³-hybridized carbons (Fsp3) is 0.467. The molecule has 1 aromatic rings. The summed E-state index contributed by atoms with van der Waals surface area (Å²) in [7, 11) is 0. The number of amides is 1.